The van der Waals surface area contributed by atoms with Gasteiger partial charge in [0.1, 0.15) is 18.2 Å². The lowest BCUT2D eigenvalue weighted by atomic mass is 10.2. The van der Waals surface area contributed by atoms with Crippen molar-refractivity contribution in [2.45, 2.75) is 38.9 Å². The smallest absolute Gasteiger partial charge is 0.192 e. The molecule has 0 atom stereocenters. The van der Waals surface area contributed by atoms with Gasteiger partial charge in [-0.1, -0.05) is 39.0 Å². The molecule has 0 fully saturated rings. The van der Waals surface area contributed by atoms with Crippen LogP contribution in [0.5, 0.6) is 5.75 Å². The van der Waals surface area contributed by atoms with E-state index in [2.05, 4.69) is 33.9 Å². The molecule has 1 aromatic rings. The van der Waals surface area contributed by atoms with Crippen molar-refractivity contribution in [3.8, 4) is 5.75 Å². The molecule has 0 radical (unpaired) electrons. The molecule has 0 saturated heterocycles. The summed E-state index contributed by atoms with van der Waals surface area (Å²) in [4.78, 5) is 0. The fourth-order valence-corrected chi connectivity index (χ4v) is 2.64. The third kappa shape index (κ3) is 5.55. The summed E-state index contributed by atoms with van der Waals surface area (Å²) in [5.41, 5.74) is 0.612. The van der Waals surface area contributed by atoms with Crippen molar-refractivity contribution in [1.82, 2.24) is 0 Å². The van der Waals surface area contributed by atoms with Crippen molar-refractivity contribution in [3.63, 3.8) is 0 Å². The van der Waals surface area contributed by atoms with E-state index in [-0.39, 0.29) is 5.04 Å². The van der Waals surface area contributed by atoms with E-state index in [1.54, 1.807) is 18.2 Å². The number of benzene rings is 1. The Morgan fingerprint density at radius 2 is 1.86 bits per heavy atom. The zero-order valence-corrected chi connectivity index (χ0v) is 15.1. The number of halogens is 1. The highest BCUT2D eigenvalue weighted by Gasteiger charge is 2.36. The Morgan fingerprint density at radius 3 is 2.45 bits per heavy atom. The second-order valence-corrected chi connectivity index (χ2v) is 11.6. The van der Waals surface area contributed by atoms with Gasteiger partial charge in [0, 0.05) is 5.56 Å². The van der Waals surface area contributed by atoms with Crippen molar-refractivity contribution >= 4 is 14.4 Å². The average molecular weight is 326 g/mol. The van der Waals surface area contributed by atoms with E-state index in [1.807, 2.05) is 6.07 Å². The first-order valence-electron chi connectivity index (χ1n) is 7.50. The summed E-state index contributed by atoms with van der Waals surface area (Å²) < 4.78 is 24.9. The second kappa shape index (κ2) is 7.90. The van der Waals surface area contributed by atoms with E-state index < -0.39 is 20.8 Å². The molecule has 0 heterocycles. The summed E-state index contributed by atoms with van der Waals surface area (Å²) in [5.74, 6) is -0.00138. The lowest BCUT2D eigenvalue weighted by Crippen LogP contribution is -2.41. The molecule has 0 spiro atoms. The van der Waals surface area contributed by atoms with Crippen LogP contribution in [0.1, 0.15) is 26.3 Å². The summed E-state index contributed by atoms with van der Waals surface area (Å²) in [7, 11) is -1.77. The maximum atomic E-state index is 13.2. The number of hydrogen-bond acceptors (Lipinski definition) is 3. The quantitative estimate of drug-likeness (QED) is 0.596. The predicted molar refractivity (Wildman–Crippen MR) is 91.3 cm³/mol. The van der Waals surface area contributed by atoms with Gasteiger partial charge in [0.2, 0.25) is 0 Å². The third-order valence-corrected chi connectivity index (χ3v) is 8.53. The fourth-order valence-electron chi connectivity index (χ4n) is 1.61. The van der Waals surface area contributed by atoms with E-state index in [0.29, 0.717) is 24.5 Å². The van der Waals surface area contributed by atoms with Crippen LogP contribution in [0, 0.1) is 0 Å². The van der Waals surface area contributed by atoms with Crippen molar-refractivity contribution in [3.05, 3.63) is 35.7 Å². The first-order chi connectivity index (χ1) is 10.2. The molecule has 0 bridgehead atoms. The molecule has 5 heteroatoms. The van der Waals surface area contributed by atoms with Gasteiger partial charge in [-0.25, -0.2) is 4.39 Å². The van der Waals surface area contributed by atoms with Gasteiger partial charge >= 0.3 is 0 Å². The minimum atomic E-state index is -1.77. The standard InChI is InChI=1S/C17H27FO3Si/c1-17(2,3)22(4,5)21-11-10-20-16-9-7-6-8-14(16)12-15(18)13-19/h6-9,12,19H,10-11,13H2,1-5H3/b15-12-. The molecule has 3 nitrogen and oxygen atoms in total. The summed E-state index contributed by atoms with van der Waals surface area (Å²) >= 11 is 0. The Labute approximate surface area is 133 Å². The monoisotopic (exact) mass is 326 g/mol. The first kappa shape index (κ1) is 18.9. The molecule has 1 rings (SSSR count). The molecule has 1 N–H and O–H groups in total. The van der Waals surface area contributed by atoms with E-state index in [4.69, 9.17) is 14.3 Å². The van der Waals surface area contributed by atoms with Crippen LogP contribution in [0.3, 0.4) is 0 Å². The van der Waals surface area contributed by atoms with Gasteiger partial charge in [-0.3, -0.25) is 0 Å². The van der Waals surface area contributed by atoms with Crippen LogP contribution >= 0.6 is 0 Å². The molecule has 0 aliphatic carbocycles. The molecule has 0 aromatic heterocycles. The van der Waals surface area contributed by atoms with Gasteiger partial charge in [-0.05, 0) is 30.3 Å². The van der Waals surface area contributed by atoms with Gasteiger partial charge < -0.3 is 14.3 Å². The molecule has 0 amide bonds. The minimum Gasteiger partial charge on any atom is -0.491 e. The molecule has 0 aliphatic rings. The summed E-state index contributed by atoms with van der Waals surface area (Å²) in [6, 6.07) is 7.16. The van der Waals surface area contributed by atoms with Crippen molar-refractivity contribution < 1.29 is 18.7 Å². The maximum absolute atomic E-state index is 13.2. The number of aliphatic hydroxyl groups excluding tert-OH is 1. The van der Waals surface area contributed by atoms with Gasteiger partial charge in [-0.2, -0.15) is 0 Å². The van der Waals surface area contributed by atoms with E-state index in [0.717, 1.165) is 0 Å². The van der Waals surface area contributed by atoms with E-state index >= 15 is 0 Å². The van der Waals surface area contributed by atoms with Crippen LogP contribution in [-0.2, 0) is 4.43 Å². The van der Waals surface area contributed by atoms with Gasteiger partial charge in [0.25, 0.3) is 0 Å². The highest BCUT2D eigenvalue weighted by molar-refractivity contribution is 6.74. The molecule has 22 heavy (non-hydrogen) atoms. The lowest BCUT2D eigenvalue weighted by molar-refractivity contribution is 0.203. The van der Waals surface area contributed by atoms with Crippen LogP contribution < -0.4 is 4.74 Å². The number of hydrogen-bond donors (Lipinski definition) is 1. The summed E-state index contributed by atoms with van der Waals surface area (Å²) in [5, 5.41) is 8.93. The predicted octanol–water partition coefficient (Wildman–Crippen LogP) is 4.39. The van der Waals surface area contributed by atoms with Crippen LogP contribution in [0.4, 0.5) is 4.39 Å². The fraction of sp³-hybridized carbons (Fsp3) is 0.529. The lowest BCUT2D eigenvalue weighted by Gasteiger charge is -2.36. The summed E-state index contributed by atoms with van der Waals surface area (Å²) in [6.45, 7) is 11.3. The highest BCUT2D eigenvalue weighted by atomic mass is 28.4. The van der Waals surface area contributed by atoms with E-state index in [9.17, 15) is 4.39 Å². The van der Waals surface area contributed by atoms with Crippen molar-refractivity contribution in [2.75, 3.05) is 19.8 Å². The third-order valence-electron chi connectivity index (χ3n) is 3.99. The van der Waals surface area contributed by atoms with Crippen LogP contribution in [-0.4, -0.2) is 33.2 Å². The molecule has 0 saturated carbocycles. The molecule has 1 aromatic carbocycles. The van der Waals surface area contributed by atoms with E-state index in [1.165, 1.54) is 6.08 Å². The average Bonchev–Trinajstić information content (AvgIpc) is 2.43. The number of rotatable bonds is 7. The maximum Gasteiger partial charge on any atom is 0.192 e. The first-order valence-corrected chi connectivity index (χ1v) is 10.4. The highest BCUT2D eigenvalue weighted by Crippen LogP contribution is 2.36. The molecular weight excluding hydrogens is 299 g/mol. The number of aliphatic hydroxyl groups is 1. The second-order valence-electron chi connectivity index (χ2n) is 6.74. The zero-order valence-electron chi connectivity index (χ0n) is 14.1. The van der Waals surface area contributed by atoms with Crippen LogP contribution in [0.2, 0.25) is 18.1 Å². The normalized spacial score (nSPS) is 13.3. The zero-order chi connectivity index (χ0) is 16.8. The molecular formula is C17H27FO3Si. The SMILES string of the molecule is CC(C)(C)[Si](C)(C)OCCOc1ccccc1/C=C(\F)CO. The topological polar surface area (TPSA) is 38.7 Å². The summed E-state index contributed by atoms with van der Waals surface area (Å²) in [6.07, 6.45) is 1.28. The Hall–Kier alpha value is -1.17. The number of para-hydroxylation sites is 1. The van der Waals surface area contributed by atoms with Gasteiger partial charge in [0.15, 0.2) is 8.32 Å². The Balaban J connectivity index is 2.60. The largest absolute Gasteiger partial charge is 0.491 e. The van der Waals surface area contributed by atoms with Crippen LogP contribution in [0.25, 0.3) is 6.08 Å². The molecule has 0 aliphatic heterocycles. The molecule has 0 unspecified atom stereocenters. The Morgan fingerprint density at radius 1 is 1.23 bits per heavy atom. The van der Waals surface area contributed by atoms with Gasteiger partial charge in [0.05, 0.1) is 13.2 Å². The Kier molecular flexibility index (Phi) is 6.78. The van der Waals surface area contributed by atoms with Crippen molar-refractivity contribution in [2.24, 2.45) is 0 Å². The molecule has 124 valence electrons. The van der Waals surface area contributed by atoms with Gasteiger partial charge in [-0.15, -0.1) is 0 Å². The van der Waals surface area contributed by atoms with Crippen LogP contribution in [0.15, 0.2) is 30.1 Å². The Bertz CT molecular complexity index is 507. The van der Waals surface area contributed by atoms with Crippen molar-refractivity contribution in [1.29, 1.82) is 0 Å². The minimum absolute atomic E-state index is 0.165. The number of ether oxygens (including phenoxy) is 1.